The Kier molecular flexibility index (Phi) is 6.03. The topological polar surface area (TPSA) is 66.8 Å². The van der Waals surface area contributed by atoms with Gasteiger partial charge < -0.3 is 14.7 Å². The first-order valence-electron chi connectivity index (χ1n) is 10.8. The molecule has 1 unspecified atom stereocenters. The molecule has 0 saturated carbocycles. The molecule has 0 aromatic heterocycles. The molecular weight excluding hydrogens is 390 g/mol. The third-order valence-corrected chi connectivity index (χ3v) is 6.04. The summed E-state index contributed by atoms with van der Waals surface area (Å²) in [5, 5.41) is 12.2. The van der Waals surface area contributed by atoms with Crippen molar-refractivity contribution >= 4 is 12.4 Å². The monoisotopic (exact) mass is 423 g/mol. The van der Waals surface area contributed by atoms with E-state index in [9.17, 15) is 14.7 Å². The molecule has 0 radical (unpaired) electrons. The van der Waals surface area contributed by atoms with Crippen molar-refractivity contribution in [1.82, 2.24) is 4.90 Å². The van der Waals surface area contributed by atoms with Crippen molar-refractivity contribution < 1.29 is 19.4 Å². The normalized spacial score (nSPS) is 17.6. The fraction of sp³-hybridized carbons (Fsp3) is 0.462. The average Bonchev–Trinajstić information content (AvgIpc) is 2.69. The number of carbonyl (C=O) groups is 2. The summed E-state index contributed by atoms with van der Waals surface area (Å²) < 4.78 is 5.50. The number of rotatable bonds is 5. The molecule has 0 aliphatic carbocycles. The van der Waals surface area contributed by atoms with Gasteiger partial charge in [0, 0.05) is 24.1 Å². The fourth-order valence-corrected chi connectivity index (χ4v) is 4.29. The lowest BCUT2D eigenvalue weighted by molar-refractivity contribution is -0.131. The summed E-state index contributed by atoms with van der Waals surface area (Å²) in [5.74, 6) is 0.377. The van der Waals surface area contributed by atoms with E-state index in [-0.39, 0.29) is 6.09 Å². The first-order valence-corrected chi connectivity index (χ1v) is 10.8. The highest BCUT2D eigenvalue weighted by Crippen LogP contribution is 2.51. The van der Waals surface area contributed by atoms with Crippen molar-refractivity contribution in [3.8, 4) is 0 Å². The Morgan fingerprint density at radius 1 is 1.10 bits per heavy atom. The maximum Gasteiger partial charge on any atom is 0.410 e. The van der Waals surface area contributed by atoms with Crippen LogP contribution in [-0.2, 0) is 10.3 Å². The average molecular weight is 424 g/mol. The van der Waals surface area contributed by atoms with Gasteiger partial charge in [0.05, 0.1) is 0 Å². The van der Waals surface area contributed by atoms with Gasteiger partial charge >= 0.3 is 6.09 Å². The number of benzene rings is 2. The molecular formula is C26H33NO4. The zero-order chi connectivity index (χ0) is 23.0. The zero-order valence-electron chi connectivity index (χ0n) is 19.3. The molecule has 5 heteroatoms. The van der Waals surface area contributed by atoms with E-state index >= 15 is 0 Å². The minimum absolute atomic E-state index is 0.343. The molecule has 1 aliphatic rings. The molecule has 166 valence electrons. The van der Waals surface area contributed by atoms with E-state index in [0.717, 1.165) is 11.8 Å². The maximum atomic E-state index is 12.5. The number of hydrogen-bond acceptors (Lipinski definition) is 4. The van der Waals surface area contributed by atoms with Gasteiger partial charge in [0.25, 0.3) is 0 Å². The Balaban J connectivity index is 2.01. The van der Waals surface area contributed by atoms with Crippen LogP contribution in [0.2, 0.25) is 0 Å². The van der Waals surface area contributed by atoms with E-state index in [4.69, 9.17) is 4.74 Å². The van der Waals surface area contributed by atoms with Gasteiger partial charge in [-0.1, -0.05) is 63.2 Å². The molecule has 31 heavy (non-hydrogen) atoms. The molecule has 2 aromatic carbocycles. The quantitative estimate of drug-likeness (QED) is 0.678. The van der Waals surface area contributed by atoms with Crippen LogP contribution in [0, 0.1) is 5.41 Å². The summed E-state index contributed by atoms with van der Waals surface area (Å²) in [6, 6.07) is 15.0. The highest BCUT2D eigenvalue weighted by atomic mass is 16.6. The standard InChI is InChI=1S/C26H33NO4/c1-18(2)20-10-12-21(13-11-20)26(30,22-9-7-8-19(14-22)15-28)25(6)16-27(17-25)23(29)31-24(3,4)5/h7-15,18,30H,16-17H2,1-6H3. The second kappa shape index (κ2) is 8.12. The van der Waals surface area contributed by atoms with Crippen LogP contribution in [0.5, 0.6) is 0 Å². The molecule has 0 bridgehead atoms. The third kappa shape index (κ3) is 4.38. The van der Waals surface area contributed by atoms with Crippen LogP contribution >= 0.6 is 0 Å². The Morgan fingerprint density at radius 3 is 2.23 bits per heavy atom. The molecule has 5 nitrogen and oxygen atoms in total. The number of hydrogen-bond donors (Lipinski definition) is 1. The first kappa shape index (κ1) is 23.0. The van der Waals surface area contributed by atoms with Crippen molar-refractivity contribution in [2.45, 2.75) is 58.7 Å². The van der Waals surface area contributed by atoms with Gasteiger partial charge in [0.2, 0.25) is 0 Å². The summed E-state index contributed by atoms with van der Waals surface area (Å²) in [6.45, 7) is 12.4. The van der Waals surface area contributed by atoms with Crippen LogP contribution in [0.15, 0.2) is 48.5 Å². The number of ether oxygens (including phenoxy) is 1. The molecule has 1 saturated heterocycles. The van der Waals surface area contributed by atoms with Gasteiger partial charge in [-0.2, -0.15) is 0 Å². The van der Waals surface area contributed by atoms with Gasteiger partial charge in [0.1, 0.15) is 17.5 Å². The molecule has 1 N–H and O–H groups in total. The second-order valence-electron chi connectivity index (χ2n) is 10.1. The van der Waals surface area contributed by atoms with Crippen molar-refractivity contribution in [3.05, 3.63) is 70.8 Å². The summed E-state index contributed by atoms with van der Waals surface area (Å²) in [7, 11) is 0. The number of likely N-dealkylation sites (tertiary alicyclic amines) is 1. The van der Waals surface area contributed by atoms with Crippen molar-refractivity contribution in [3.63, 3.8) is 0 Å². The molecule has 1 amide bonds. The van der Waals surface area contributed by atoms with Crippen molar-refractivity contribution in [2.24, 2.45) is 5.41 Å². The Hall–Kier alpha value is -2.66. The largest absolute Gasteiger partial charge is 0.444 e. The number of aliphatic hydroxyl groups is 1. The second-order valence-corrected chi connectivity index (χ2v) is 10.1. The summed E-state index contributed by atoms with van der Waals surface area (Å²) >= 11 is 0. The first-order chi connectivity index (χ1) is 14.4. The highest BCUT2D eigenvalue weighted by Gasteiger charge is 2.57. The lowest BCUT2D eigenvalue weighted by Gasteiger charge is -2.56. The van der Waals surface area contributed by atoms with Crippen LogP contribution in [0.4, 0.5) is 4.79 Å². The van der Waals surface area contributed by atoms with E-state index in [1.54, 1.807) is 23.1 Å². The van der Waals surface area contributed by atoms with Gasteiger partial charge in [-0.05, 0) is 49.4 Å². The van der Waals surface area contributed by atoms with E-state index < -0.39 is 16.6 Å². The van der Waals surface area contributed by atoms with Gasteiger partial charge in [-0.25, -0.2) is 4.79 Å². The van der Waals surface area contributed by atoms with Gasteiger partial charge in [-0.3, -0.25) is 4.79 Å². The van der Waals surface area contributed by atoms with E-state index in [0.29, 0.717) is 30.1 Å². The smallest absolute Gasteiger partial charge is 0.410 e. The molecule has 1 aliphatic heterocycles. The minimum atomic E-state index is -1.37. The van der Waals surface area contributed by atoms with E-state index in [1.807, 2.05) is 58.0 Å². The van der Waals surface area contributed by atoms with E-state index in [2.05, 4.69) is 13.8 Å². The van der Waals surface area contributed by atoms with Crippen molar-refractivity contribution in [2.75, 3.05) is 13.1 Å². The van der Waals surface area contributed by atoms with Gasteiger partial charge in [-0.15, -0.1) is 0 Å². The number of nitrogens with zero attached hydrogens (tertiary/aromatic N) is 1. The Morgan fingerprint density at radius 2 is 1.71 bits per heavy atom. The lowest BCUT2D eigenvalue weighted by Crippen LogP contribution is -2.66. The minimum Gasteiger partial charge on any atom is -0.444 e. The molecule has 0 spiro atoms. The molecule has 3 rings (SSSR count). The zero-order valence-corrected chi connectivity index (χ0v) is 19.3. The Labute approximate surface area is 185 Å². The lowest BCUT2D eigenvalue weighted by atomic mass is 9.61. The molecule has 1 fully saturated rings. The van der Waals surface area contributed by atoms with Crippen LogP contribution < -0.4 is 0 Å². The van der Waals surface area contributed by atoms with Crippen molar-refractivity contribution in [1.29, 1.82) is 0 Å². The molecule has 2 aromatic rings. The van der Waals surface area contributed by atoms with E-state index in [1.165, 1.54) is 5.56 Å². The molecule has 1 atom stereocenters. The van der Waals surface area contributed by atoms with Gasteiger partial charge in [0.15, 0.2) is 0 Å². The third-order valence-electron chi connectivity index (χ3n) is 6.04. The van der Waals surface area contributed by atoms with Crippen LogP contribution in [0.3, 0.4) is 0 Å². The summed E-state index contributed by atoms with van der Waals surface area (Å²) in [4.78, 5) is 25.5. The SMILES string of the molecule is CC(C)c1ccc(C(O)(c2cccc(C=O)c2)C2(C)CN(C(=O)OC(C)(C)C)C2)cc1. The fourth-order valence-electron chi connectivity index (χ4n) is 4.29. The van der Waals surface area contributed by atoms with Crippen LogP contribution in [-0.4, -0.2) is 41.1 Å². The summed E-state index contributed by atoms with van der Waals surface area (Å²) in [6.07, 6.45) is 0.395. The predicted octanol–water partition coefficient (Wildman–Crippen LogP) is 5.12. The highest BCUT2D eigenvalue weighted by molar-refractivity contribution is 5.75. The maximum absolute atomic E-state index is 12.5. The Bertz CT molecular complexity index is 952. The number of aldehydes is 1. The summed E-state index contributed by atoms with van der Waals surface area (Å²) in [5.41, 5.74) is 0.463. The van der Waals surface area contributed by atoms with Crippen LogP contribution in [0.25, 0.3) is 0 Å². The number of amides is 1. The van der Waals surface area contributed by atoms with Crippen LogP contribution in [0.1, 0.15) is 74.5 Å². The molecule has 1 heterocycles. The number of carbonyl (C=O) groups excluding carboxylic acids is 2. The predicted molar refractivity (Wildman–Crippen MR) is 121 cm³/mol.